The minimum absolute atomic E-state index is 0.0108. The molecule has 434 valence electrons. The molecule has 7 aromatic rings. The molecule has 18 nitrogen and oxygen atoms in total. The van der Waals surface area contributed by atoms with Crippen molar-refractivity contribution in [3.63, 3.8) is 0 Å². The maximum atomic E-state index is 17.6. The van der Waals surface area contributed by atoms with E-state index < -0.39 is 76.5 Å². The van der Waals surface area contributed by atoms with Crippen LogP contribution in [0.25, 0.3) is 54.4 Å². The van der Waals surface area contributed by atoms with E-state index in [1.165, 1.54) is 29.7 Å². The molecule has 0 radical (unpaired) electrons. The number of pyridine rings is 2. The van der Waals surface area contributed by atoms with E-state index in [2.05, 4.69) is 27.8 Å². The van der Waals surface area contributed by atoms with Crippen LogP contribution in [0.4, 0.5) is 33.2 Å². The smallest absolute Gasteiger partial charge is 0.408 e. The van der Waals surface area contributed by atoms with Crippen molar-refractivity contribution in [3.8, 4) is 34.6 Å². The number of carbonyl (C=O) groups excluding carboxylic acids is 3. The Hall–Kier alpha value is -7.47. The van der Waals surface area contributed by atoms with E-state index in [9.17, 15) is 33.9 Å². The van der Waals surface area contributed by atoms with E-state index in [4.69, 9.17) is 29.9 Å². The van der Waals surface area contributed by atoms with Crippen molar-refractivity contribution < 1.29 is 51.3 Å². The number of benzene rings is 3. The van der Waals surface area contributed by atoms with Crippen LogP contribution in [0.2, 0.25) is 0 Å². The molecule has 0 saturated carbocycles. The van der Waals surface area contributed by atoms with Crippen molar-refractivity contribution in [2.45, 2.75) is 115 Å². The van der Waals surface area contributed by atoms with Gasteiger partial charge in [0.1, 0.15) is 59.5 Å². The first-order valence-corrected chi connectivity index (χ1v) is 29.7. The Bertz CT molecular complexity index is 4210. The quantitative estimate of drug-likeness (QED) is 0.0502. The summed E-state index contributed by atoms with van der Waals surface area (Å²) in [6, 6.07) is 7.98. The van der Waals surface area contributed by atoms with Crippen LogP contribution in [0.1, 0.15) is 97.9 Å². The van der Waals surface area contributed by atoms with Gasteiger partial charge >= 0.3 is 18.1 Å². The molecule has 9 heterocycles. The molecular formula is C60H55F4IN10O8S. The predicted molar refractivity (Wildman–Crippen MR) is 313 cm³/mol. The topological polar surface area (TPSA) is 231 Å². The minimum atomic E-state index is -2.07. The number of alkyl halides is 1. The number of piperazine rings is 1. The van der Waals surface area contributed by atoms with Crippen molar-refractivity contribution in [2.24, 2.45) is 0 Å². The zero-order valence-corrected chi connectivity index (χ0v) is 49.0. The summed E-state index contributed by atoms with van der Waals surface area (Å²) in [5, 5.41) is 25.8. The number of nitriles is 1. The average Bonchev–Trinajstić information content (AvgIpc) is 1.70. The number of thiophene rings is 1. The van der Waals surface area contributed by atoms with Gasteiger partial charge in [0.2, 0.25) is 0 Å². The second-order valence-electron chi connectivity index (χ2n) is 22.8. The van der Waals surface area contributed by atoms with E-state index in [-0.39, 0.29) is 119 Å². The first-order valence-electron chi connectivity index (χ1n) is 27.8. The number of rotatable bonds is 10. The highest BCUT2D eigenvalue weighted by Gasteiger charge is 2.50. The highest BCUT2D eigenvalue weighted by Crippen LogP contribution is 2.49. The maximum absolute atomic E-state index is 17.6. The number of alkyl carbamates (subject to hydrolysis) is 1. The zero-order valence-electron chi connectivity index (χ0n) is 46.1. The Balaban J connectivity index is 0.759. The molecule has 6 aliphatic rings. The Kier molecular flexibility index (Phi) is 13.5. The number of aromatic nitrogens is 4. The van der Waals surface area contributed by atoms with E-state index in [1.54, 1.807) is 30.9 Å². The van der Waals surface area contributed by atoms with Gasteiger partial charge in [-0.1, -0.05) is 19.6 Å². The lowest BCUT2D eigenvalue weighted by Gasteiger charge is -2.41. The van der Waals surface area contributed by atoms with E-state index in [1.807, 2.05) is 34.4 Å². The van der Waals surface area contributed by atoms with Crippen LogP contribution in [0.3, 0.4) is 0 Å². The number of nitrogens with zero attached hydrogens (tertiary/aromatic N) is 8. The van der Waals surface area contributed by atoms with Crippen LogP contribution >= 0.6 is 33.9 Å². The number of carbonyl (C=O) groups is 3. The normalized spacial score (nSPS) is 22.8. The Morgan fingerprint density at radius 2 is 1.88 bits per heavy atom. The standard InChI is InChI=1S/C60H55F4IN10O8S/c1-6-60(80)37-17-43-49-35(23-75(43)55(77)36(37)24-81-56(60)78)47-41(11-9-31-28(4)39(63)18-42(68-49)46(31)47)69-58(79)83-29(5)27(3)54(76)72-14-15-74(26(2)21-72)53-33-16-40(65)45(32-8-10-38(62)51-44(32)34(20-66)52(67)84-51)48(64)50(33)70-57(71-53)82-25-59-12-7-13-73(59)22-30(61)19-59/h8,10,16-18,26,29-30,41,80H,3,6-7,9,11-15,19,21-25,67H2,1-2,4-5H3,(H,69,79)/t26-,29?,30+,41-,59-,60-/m0/s1. The molecular weight excluding hydrogens is 1220 g/mol. The number of aliphatic hydroxyl groups is 1. The monoisotopic (exact) mass is 1280 g/mol. The summed E-state index contributed by atoms with van der Waals surface area (Å²) < 4.78 is 82.9. The average molecular weight is 1280 g/mol. The number of nitrogens with two attached hydrogens (primary N) is 1. The molecule has 24 heteroatoms. The summed E-state index contributed by atoms with van der Waals surface area (Å²) in [5.41, 5.74) is 6.86. The zero-order chi connectivity index (χ0) is 59.2. The van der Waals surface area contributed by atoms with Gasteiger partial charge in [-0.05, 0) is 122 Å². The molecule has 3 saturated heterocycles. The first-order chi connectivity index (χ1) is 40.1. The van der Waals surface area contributed by atoms with Gasteiger partial charge in [0.25, 0.3) is 11.5 Å². The van der Waals surface area contributed by atoms with Crippen molar-refractivity contribution in [1.82, 2.24) is 34.6 Å². The third-order valence-electron chi connectivity index (χ3n) is 18.2. The number of ether oxygens (including phenoxy) is 3. The number of nitrogens with one attached hydrogen (secondary N) is 1. The Labute approximate surface area is 495 Å². The molecule has 84 heavy (non-hydrogen) atoms. The van der Waals surface area contributed by atoms with E-state index in [0.29, 0.717) is 78.6 Å². The summed E-state index contributed by atoms with van der Waals surface area (Å²) in [4.78, 5) is 75.5. The SMILES string of the molecule is C=C(C(=O)N1CCN(c2nc(OC[C@@]34CCCN3C[C@H](F)C4)nc3c(F)c(-c4ccc(F)c5sc(N)c(C#N)c45)c(I)cc23)[C@@H](C)C1)C(C)OC(=O)N[C@H]1CCc2c(C)c(F)cc3nc4c(c1c23)Cn1c-4cc2c(c1=O)COC(=O)[C@]2(O)CC. The molecule has 0 spiro atoms. The van der Waals surface area contributed by atoms with Crippen LogP contribution in [-0.2, 0) is 44.2 Å². The van der Waals surface area contributed by atoms with Gasteiger partial charge < -0.3 is 44.7 Å². The number of fused-ring (bicyclic) bond motifs is 8. The predicted octanol–water partition coefficient (Wildman–Crippen LogP) is 9.04. The lowest BCUT2D eigenvalue weighted by atomic mass is 9.81. The summed E-state index contributed by atoms with van der Waals surface area (Å²) in [6.45, 7) is 12.0. The third kappa shape index (κ3) is 8.52. The number of cyclic esters (lactones) is 1. The Morgan fingerprint density at radius 3 is 2.64 bits per heavy atom. The highest BCUT2D eigenvalue weighted by molar-refractivity contribution is 14.1. The fourth-order valence-electron chi connectivity index (χ4n) is 13.8. The van der Waals surface area contributed by atoms with Gasteiger partial charge in [-0.2, -0.15) is 15.2 Å². The van der Waals surface area contributed by atoms with Gasteiger partial charge in [-0.15, -0.1) is 11.3 Å². The molecule has 4 aromatic heterocycles. The Morgan fingerprint density at radius 1 is 1.08 bits per heavy atom. The molecule has 6 atom stereocenters. The number of esters is 1. The molecule has 3 fully saturated rings. The number of hydrogen-bond donors (Lipinski definition) is 3. The molecule has 1 unspecified atom stereocenters. The van der Waals surface area contributed by atoms with Gasteiger partial charge in [-0.25, -0.2) is 32.1 Å². The van der Waals surface area contributed by atoms with Gasteiger partial charge in [-0.3, -0.25) is 14.5 Å². The summed E-state index contributed by atoms with van der Waals surface area (Å²) in [6.07, 6.45) is -0.541. The van der Waals surface area contributed by atoms with Crippen LogP contribution in [0, 0.1) is 39.3 Å². The lowest BCUT2D eigenvalue weighted by molar-refractivity contribution is -0.172. The fourth-order valence-corrected chi connectivity index (χ4v) is 15.6. The molecule has 13 rings (SSSR count). The molecule has 1 aliphatic carbocycles. The van der Waals surface area contributed by atoms with E-state index >= 15 is 13.2 Å². The second kappa shape index (κ2) is 20.4. The van der Waals surface area contributed by atoms with Crippen LogP contribution in [-0.4, -0.2) is 116 Å². The number of nitrogen functional groups attached to an aromatic ring is 1. The van der Waals surface area contributed by atoms with Crippen LogP contribution in [0.15, 0.2) is 47.3 Å². The largest absolute Gasteiger partial charge is 0.461 e. The number of halogens is 5. The number of aryl methyl sites for hydroxylation is 1. The van der Waals surface area contributed by atoms with Gasteiger partial charge in [0, 0.05) is 81.1 Å². The number of anilines is 2. The van der Waals surface area contributed by atoms with Crippen LogP contribution < -0.4 is 26.2 Å². The second-order valence-corrected chi connectivity index (χ2v) is 25.0. The molecule has 3 aromatic carbocycles. The maximum Gasteiger partial charge on any atom is 0.408 e. The molecule has 2 amide bonds. The van der Waals surface area contributed by atoms with Crippen molar-refractivity contribution in [1.29, 1.82) is 5.26 Å². The first kappa shape index (κ1) is 55.7. The highest BCUT2D eigenvalue weighted by atomic mass is 127. The van der Waals surface area contributed by atoms with Crippen LogP contribution in [0.5, 0.6) is 6.01 Å². The molecule has 4 N–H and O–H groups in total. The van der Waals surface area contributed by atoms with Crippen molar-refractivity contribution >= 4 is 94.6 Å². The summed E-state index contributed by atoms with van der Waals surface area (Å²) >= 11 is 2.90. The molecule has 0 bridgehead atoms. The lowest BCUT2D eigenvalue weighted by Crippen LogP contribution is -2.55. The third-order valence-corrected chi connectivity index (χ3v) is 20.1. The molecule has 5 aliphatic heterocycles. The minimum Gasteiger partial charge on any atom is -0.461 e. The van der Waals surface area contributed by atoms with Gasteiger partial charge in [0.05, 0.1) is 56.4 Å². The summed E-state index contributed by atoms with van der Waals surface area (Å²) in [5.74, 6) is -2.88. The van der Waals surface area contributed by atoms with Gasteiger partial charge in [0.15, 0.2) is 11.4 Å². The van der Waals surface area contributed by atoms with E-state index in [0.717, 1.165) is 24.3 Å². The fraction of sp³-hybridized carbons (Fsp3) is 0.400. The summed E-state index contributed by atoms with van der Waals surface area (Å²) in [7, 11) is 0. The number of hydrogen-bond acceptors (Lipinski definition) is 16. The van der Waals surface area contributed by atoms with Crippen molar-refractivity contribution in [2.75, 3.05) is 50.0 Å². The number of amides is 2. The van der Waals surface area contributed by atoms with Crippen molar-refractivity contribution in [3.05, 3.63) is 113 Å².